The van der Waals surface area contributed by atoms with E-state index in [9.17, 15) is 17.6 Å². The van der Waals surface area contributed by atoms with Gasteiger partial charge in [0.25, 0.3) is 0 Å². The zero-order valence-electron chi connectivity index (χ0n) is 14.6. The second-order valence-electron chi connectivity index (χ2n) is 5.66. The van der Waals surface area contributed by atoms with Crippen LogP contribution < -0.4 is 10.6 Å². The molecule has 0 unspecified atom stereocenters. The van der Waals surface area contributed by atoms with Crippen molar-refractivity contribution in [2.45, 2.75) is 26.2 Å². The summed E-state index contributed by atoms with van der Waals surface area (Å²) in [5, 5.41) is 14.7. The fraction of sp³-hybridized carbons (Fsp3) is 0.263. The molecule has 8 heteroatoms. The van der Waals surface area contributed by atoms with Crippen LogP contribution in [-0.2, 0) is 19.3 Å². The molecule has 2 N–H and O–H groups in total. The van der Waals surface area contributed by atoms with Crippen molar-refractivity contribution in [2.24, 2.45) is 4.99 Å². The fourth-order valence-electron chi connectivity index (χ4n) is 2.40. The van der Waals surface area contributed by atoms with E-state index in [1.807, 2.05) is 13.0 Å². The Morgan fingerprint density at radius 3 is 2.59 bits per heavy atom. The van der Waals surface area contributed by atoms with E-state index in [2.05, 4.69) is 15.6 Å². The van der Waals surface area contributed by atoms with Crippen LogP contribution in [0.15, 0.2) is 47.5 Å². The Labute approximate surface area is 154 Å². The van der Waals surface area contributed by atoms with Crippen LogP contribution >= 0.6 is 0 Å². The average molecular weight is 378 g/mol. The van der Waals surface area contributed by atoms with E-state index in [4.69, 9.17) is 5.26 Å². The highest BCUT2D eigenvalue weighted by Gasteiger charge is 2.33. The van der Waals surface area contributed by atoms with Crippen molar-refractivity contribution in [3.8, 4) is 6.07 Å². The molecule has 2 aromatic carbocycles. The van der Waals surface area contributed by atoms with Gasteiger partial charge in [0.1, 0.15) is 5.82 Å². The molecular formula is C19H18F4N4. The van der Waals surface area contributed by atoms with Gasteiger partial charge in [-0.05, 0) is 42.3 Å². The topological polar surface area (TPSA) is 60.2 Å². The van der Waals surface area contributed by atoms with Gasteiger partial charge in [0, 0.05) is 13.1 Å². The molecule has 0 aromatic heterocycles. The number of nitrogens with one attached hydrogen (secondary N) is 2. The van der Waals surface area contributed by atoms with Gasteiger partial charge in [0.05, 0.1) is 23.7 Å². The summed E-state index contributed by atoms with van der Waals surface area (Å²) in [6.45, 7) is 2.42. The molecule has 0 bridgehead atoms. The van der Waals surface area contributed by atoms with Gasteiger partial charge in [0.15, 0.2) is 5.96 Å². The first-order valence-corrected chi connectivity index (χ1v) is 8.20. The zero-order valence-corrected chi connectivity index (χ0v) is 14.6. The summed E-state index contributed by atoms with van der Waals surface area (Å²) in [5.41, 5.74) is 0.194. The summed E-state index contributed by atoms with van der Waals surface area (Å²) >= 11 is 0. The number of halogens is 4. The number of guanidine groups is 1. The number of hydrogen-bond acceptors (Lipinski definition) is 2. The normalized spacial score (nSPS) is 11.8. The number of nitriles is 1. The lowest BCUT2D eigenvalue weighted by atomic mass is 10.1. The lowest BCUT2D eigenvalue weighted by Gasteiger charge is -2.16. The van der Waals surface area contributed by atoms with Crippen LogP contribution in [0.4, 0.5) is 17.6 Å². The minimum absolute atomic E-state index is 0.0824. The molecule has 2 rings (SSSR count). The standard InChI is InChI=1S/C19H18F4N4/c1-2-25-18(26-11-14-5-3-4-13(8-14)10-24)27-12-15-6-7-16(20)9-17(15)19(21,22)23/h3-9H,2,11-12H2,1H3,(H2,25,26,27). The van der Waals surface area contributed by atoms with Crippen molar-refractivity contribution in [1.29, 1.82) is 5.26 Å². The van der Waals surface area contributed by atoms with Gasteiger partial charge in [0.2, 0.25) is 0 Å². The van der Waals surface area contributed by atoms with Crippen LogP contribution in [0.3, 0.4) is 0 Å². The third kappa shape index (κ3) is 5.99. The first-order chi connectivity index (χ1) is 12.8. The van der Waals surface area contributed by atoms with Crippen LogP contribution in [-0.4, -0.2) is 12.5 Å². The molecule has 0 fully saturated rings. The SMILES string of the molecule is CCNC(=NCc1cccc(C#N)c1)NCc1ccc(F)cc1C(F)(F)F. The molecule has 0 aliphatic rings. The molecule has 0 radical (unpaired) electrons. The van der Waals surface area contributed by atoms with Gasteiger partial charge in [-0.15, -0.1) is 0 Å². The number of hydrogen-bond donors (Lipinski definition) is 2. The molecule has 0 atom stereocenters. The lowest BCUT2D eigenvalue weighted by Crippen LogP contribution is -2.37. The minimum Gasteiger partial charge on any atom is -0.357 e. The van der Waals surface area contributed by atoms with Crippen molar-refractivity contribution in [3.05, 3.63) is 70.5 Å². The van der Waals surface area contributed by atoms with Crippen LogP contribution in [0, 0.1) is 17.1 Å². The number of nitrogens with zero attached hydrogens (tertiary/aromatic N) is 2. The summed E-state index contributed by atoms with van der Waals surface area (Å²) in [6, 6.07) is 11.5. The molecule has 27 heavy (non-hydrogen) atoms. The zero-order chi connectivity index (χ0) is 19.9. The molecule has 0 spiro atoms. The van der Waals surface area contributed by atoms with E-state index in [-0.39, 0.29) is 18.7 Å². The Kier molecular flexibility index (Phi) is 6.77. The van der Waals surface area contributed by atoms with Gasteiger partial charge in [-0.2, -0.15) is 18.4 Å². The maximum atomic E-state index is 13.2. The smallest absolute Gasteiger partial charge is 0.357 e. The number of rotatable bonds is 5. The second kappa shape index (κ2) is 9.03. The van der Waals surface area contributed by atoms with Crippen molar-refractivity contribution in [1.82, 2.24) is 10.6 Å². The van der Waals surface area contributed by atoms with Crippen molar-refractivity contribution in [2.75, 3.05) is 6.54 Å². The predicted molar refractivity (Wildman–Crippen MR) is 94.2 cm³/mol. The molecule has 0 amide bonds. The lowest BCUT2D eigenvalue weighted by molar-refractivity contribution is -0.138. The Hall–Kier alpha value is -3.08. The summed E-state index contributed by atoms with van der Waals surface area (Å²) < 4.78 is 52.4. The van der Waals surface area contributed by atoms with E-state index in [1.54, 1.807) is 24.3 Å². The molecule has 4 nitrogen and oxygen atoms in total. The fourth-order valence-corrected chi connectivity index (χ4v) is 2.40. The number of aliphatic imine (C=N–C) groups is 1. The Balaban J connectivity index is 2.14. The third-order valence-electron chi connectivity index (χ3n) is 3.64. The molecule has 2 aromatic rings. The van der Waals surface area contributed by atoms with Gasteiger partial charge >= 0.3 is 6.18 Å². The van der Waals surface area contributed by atoms with Gasteiger partial charge in [-0.1, -0.05) is 18.2 Å². The average Bonchev–Trinajstić information content (AvgIpc) is 2.64. The monoisotopic (exact) mass is 378 g/mol. The highest BCUT2D eigenvalue weighted by Crippen LogP contribution is 2.32. The summed E-state index contributed by atoms with van der Waals surface area (Å²) in [5.74, 6) is -0.624. The molecule has 0 heterocycles. The molecule has 0 aliphatic carbocycles. The van der Waals surface area contributed by atoms with E-state index in [0.29, 0.717) is 24.1 Å². The van der Waals surface area contributed by atoms with E-state index in [1.165, 1.54) is 0 Å². The first-order valence-electron chi connectivity index (χ1n) is 8.20. The van der Waals surface area contributed by atoms with Crippen molar-refractivity contribution < 1.29 is 17.6 Å². The Bertz CT molecular complexity index is 854. The Morgan fingerprint density at radius 1 is 1.15 bits per heavy atom. The number of benzene rings is 2. The maximum Gasteiger partial charge on any atom is 0.416 e. The molecule has 142 valence electrons. The third-order valence-corrected chi connectivity index (χ3v) is 3.64. The molecular weight excluding hydrogens is 360 g/mol. The van der Waals surface area contributed by atoms with Crippen LogP contribution in [0.5, 0.6) is 0 Å². The predicted octanol–water partition coefficient (Wildman–Crippen LogP) is 3.97. The molecule has 0 saturated heterocycles. The molecule has 0 aliphatic heterocycles. The quantitative estimate of drug-likeness (QED) is 0.470. The summed E-state index contributed by atoms with van der Waals surface area (Å²) in [4.78, 5) is 4.31. The van der Waals surface area contributed by atoms with Crippen LogP contribution in [0.1, 0.15) is 29.2 Å². The van der Waals surface area contributed by atoms with Gasteiger partial charge < -0.3 is 10.6 Å². The highest BCUT2D eigenvalue weighted by molar-refractivity contribution is 5.79. The maximum absolute atomic E-state index is 13.2. The first kappa shape index (κ1) is 20.2. The Morgan fingerprint density at radius 2 is 1.93 bits per heavy atom. The second-order valence-corrected chi connectivity index (χ2v) is 5.66. The number of alkyl halides is 3. The van der Waals surface area contributed by atoms with E-state index in [0.717, 1.165) is 17.7 Å². The van der Waals surface area contributed by atoms with E-state index < -0.39 is 17.6 Å². The highest BCUT2D eigenvalue weighted by atomic mass is 19.4. The van der Waals surface area contributed by atoms with Crippen molar-refractivity contribution in [3.63, 3.8) is 0 Å². The van der Waals surface area contributed by atoms with E-state index >= 15 is 0 Å². The minimum atomic E-state index is -4.65. The summed E-state index contributed by atoms with van der Waals surface area (Å²) in [7, 11) is 0. The van der Waals surface area contributed by atoms with Crippen LogP contribution in [0.25, 0.3) is 0 Å². The summed E-state index contributed by atoms with van der Waals surface area (Å²) in [6.07, 6.45) is -4.65. The van der Waals surface area contributed by atoms with Crippen LogP contribution in [0.2, 0.25) is 0 Å². The van der Waals surface area contributed by atoms with Gasteiger partial charge in [-0.3, -0.25) is 0 Å². The largest absolute Gasteiger partial charge is 0.416 e. The molecule has 0 saturated carbocycles. The van der Waals surface area contributed by atoms with Crippen molar-refractivity contribution >= 4 is 5.96 Å². The van der Waals surface area contributed by atoms with Gasteiger partial charge in [-0.25, -0.2) is 9.38 Å².